The zero-order valence-corrected chi connectivity index (χ0v) is 16.2. The van der Waals surface area contributed by atoms with Crippen molar-refractivity contribution < 1.29 is 29.0 Å². The van der Waals surface area contributed by atoms with Crippen LogP contribution in [0.4, 0.5) is 0 Å². The minimum atomic E-state index is -1.27. The molecule has 0 radical (unpaired) electrons. The molecular formula is C22H23NO6. The van der Waals surface area contributed by atoms with Crippen LogP contribution in [0.25, 0.3) is 0 Å². The van der Waals surface area contributed by atoms with Crippen LogP contribution in [0.15, 0.2) is 18.2 Å². The second-order valence-electron chi connectivity index (χ2n) is 9.24. The number of amides is 2. The first-order chi connectivity index (χ1) is 13.8. The standard InChI is InChI=1S/C22H23NO6/c1-11(20(26)27)23-18(24)16-3-2-15(7-17(16)19(23)25)21(28)29-22-8-12-4-13(9-22)6-14(5-12)10-22/h2-3,7,11-14H,4-6,8-10H2,1H3,(H,26,27)/t11-,12?,13?,14?,22?/m0/s1. The summed E-state index contributed by atoms with van der Waals surface area (Å²) in [5, 5.41) is 9.17. The van der Waals surface area contributed by atoms with E-state index in [1.165, 1.54) is 44.4 Å². The highest BCUT2D eigenvalue weighted by Gasteiger charge is 2.53. The molecule has 1 heterocycles. The lowest BCUT2D eigenvalue weighted by Gasteiger charge is -2.55. The Labute approximate surface area is 168 Å². The van der Waals surface area contributed by atoms with Gasteiger partial charge in [0.05, 0.1) is 16.7 Å². The van der Waals surface area contributed by atoms with Crippen molar-refractivity contribution in [2.75, 3.05) is 0 Å². The SMILES string of the molecule is C[C@@H](C(=O)O)N1C(=O)c2ccc(C(=O)OC34CC5CC(CC(C5)C3)C4)cc2C1=O. The molecule has 0 aromatic heterocycles. The van der Waals surface area contributed by atoms with Gasteiger partial charge < -0.3 is 9.84 Å². The molecule has 152 valence electrons. The van der Waals surface area contributed by atoms with Gasteiger partial charge in [-0.05, 0) is 81.4 Å². The van der Waals surface area contributed by atoms with Gasteiger partial charge in [-0.25, -0.2) is 9.59 Å². The van der Waals surface area contributed by atoms with Crippen LogP contribution < -0.4 is 0 Å². The fraction of sp³-hybridized carbons (Fsp3) is 0.545. The third-order valence-corrected chi connectivity index (χ3v) is 7.19. The smallest absolute Gasteiger partial charge is 0.338 e. The monoisotopic (exact) mass is 397 g/mol. The van der Waals surface area contributed by atoms with Crippen molar-refractivity contribution in [3.63, 3.8) is 0 Å². The van der Waals surface area contributed by atoms with Gasteiger partial charge in [0.2, 0.25) is 0 Å². The van der Waals surface area contributed by atoms with Gasteiger partial charge in [-0.2, -0.15) is 0 Å². The summed E-state index contributed by atoms with van der Waals surface area (Å²) in [5.41, 5.74) is 0.0112. The summed E-state index contributed by atoms with van der Waals surface area (Å²) in [6.07, 6.45) is 6.46. The van der Waals surface area contributed by atoms with E-state index in [9.17, 15) is 19.2 Å². The molecule has 0 saturated heterocycles. The molecule has 7 heteroatoms. The van der Waals surface area contributed by atoms with Crippen LogP contribution in [-0.4, -0.2) is 45.4 Å². The Morgan fingerprint density at radius 2 is 1.59 bits per heavy atom. The fourth-order valence-corrected chi connectivity index (χ4v) is 6.26. The summed E-state index contributed by atoms with van der Waals surface area (Å²) in [5.74, 6) is -1.16. The second kappa shape index (κ2) is 6.15. The number of esters is 1. The van der Waals surface area contributed by atoms with E-state index in [1.807, 2.05) is 0 Å². The normalized spacial score (nSPS) is 33.0. The summed E-state index contributed by atoms with van der Waals surface area (Å²) in [7, 11) is 0. The number of rotatable bonds is 4. The highest BCUT2D eigenvalue weighted by Crippen LogP contribution is 2.57. The summed E-state index contributed by atoms with van der Waals surface area (Å²) in [4.78, 5) is 50.0. The second-order valence-corrected chi connectivity index (χ2v) is 9.24. The van der Waals surface area contributed by atoms with Crippen molar-refractivity contribution in [1.29, 1.82) is 0 Å². The number of hydrogen-bond donors (Lipinski definition) is 1. The molecule has 4 fully saturated rings. The fourth-order valence-electron chi connectivity index (χ4n) is 6.26. The number of hydrogen-bond acceptors (Lipinski definition) is 5. The molecule has 1 aromatic rings. The van der Waals surface area contributed by atoms with Crippen molar-refractivity contribution in [1.82, 2.24) is 4.90 Å². The van der Waals surface area contributed by atoms with Gasteiger partial charge in [-0.1, -0.05) is 0 Å². The van der Waals surface area contributed by atoms with E-state index < -0.39 is 35.4 Å². The Morgan fingerprint density at radius 1 is 1.03 bits per heavy atom. The minimum absolute atomic E-state index is 0.0584. The van der Waals surface area contributed by atoms with Gasteiger partial charge in [-0.3, -0.25) is 14.5 Å². The third kappa shape index (κ3) is 2.78. The largest absolute Gasteiger partial charge is 0.480 e. The predicted molar refractivity (Wildman–Crippen MR) is 100 cm³/mol. The summed E-state index contributed by atoms with van der Waals surface area (Å²) < 4.78 is 6.03. The van der Waals surface area contributed by atoms with Crippen LogP contribution in [0.5, 0.6) is 0 Å². The van der Waals surface area contributed by atoms with E-state index in [2.05, 4.69) is 0 Å². The zero-order chi connectivity index (χ0) is 20.5. The number of carbonyl (C=O) groups is 4. The lowest BCUT2D eigenvalue weighted by atomic mass is 9.54. The number of carboxylic acid groups (broad SMARTS) is 1. The number of carboxylic acids is 1. The Bertz CT molecular complexity index is 915. The minimum Gasteiger partial charge on any atom is -0.480 e. The number of ether oxygens (including phenoxy) is 1. The van der Waals surface area contributed by atoms with E-state index in [0.29, 0.717) is 17.8 Å². The first kappa shape index (κ1) is 18.3. The Kier molecular flexibility index (Phi) is 3.89. The van der Waals surface area contributed by atoms with Crippen molar-refractivity contribution >= 4 is 23.8 Å². The van der Waals surface area contributed by atoms with E-state index in [-0.39, 0.29) is 16.7 Å². The van der Waals surface area contributed by atoms with Crippen molar-refractivity contribution in [3.8, 4) is 0 Å². The third-order valence-electron chi connectivity index (χ3n) is 7.19. The summed E-state index contributed by atoms with van der Waals surface area (Å²) >= 11 is 0. The van der Waals surface area contributed by atoms with Gasteiger partial charge in [-0.15, -0.1) is 0 Å². The first-order valence-corrected chi connectivity index (χ1v) is 10.2. The maximum atomic E-state index is 12.9. The van der Waals surface area contributed by atoms with Gasteiger partial charge in [0.15, 0.2) is 0 Å². The molecule has 0 unspecified atom stereocenters. The van der Waals surface area contributed by atoms with Gasteiger partial charge >= 0.3 is 11.9 Å². The van der Waals surface area contributed by atoms with Crippen LogP contribution in [0, 0.1) is 17.8 Å². The van der Waals surface area contributed by atoms with E-state index >= 15 is 0 Å². The van der Waals surface area contributed by atoms with Crippen molar-refractivity contribution in [2.45, 2.75) is 57.1 Å². The van der Waals surface area contributed by atoms with E-state index in [1.54, 1.807) is 0 Å². The van der Waals surface area contributed by atoms with Crippen LogP contribution in [0.2, 0.25) is 0 Å². The Balaban J connectivity index is 1.39. The molecule has 1 aromatic carbocycles. The number of benzene rings is 1. The lowest BCUT2D eigenvalue weighted by Crippen LogP contribution is -2.52. The highest BCUT2D eigenvalue weighted by atomic mass is 16.6. The number of imide groups is 1. The lowest BCUT2D eigenvalue weighted by molar-refractivity contribution is -0.141. The Morgan fingerprint density at radius 3 is 2.14 bits per heavy atom. The predicted octanol–water partition coefficient (Wildman–Crippen LogP) is 2.88. The number of nitrogens with zero attached hydrogens (tertiary/aromatic N) is 1. The molecular weight excluding hydrogens is 374 g/mol. The maximum absolute atomic E-state index is 12.9. The van der Waals surface area contributed by atoms with Gasteiger partial charge in [0, 0.05) is 0 Å². The van der Waals surface area contributed by atoms with Crippen LogP contribution >= 0.6 is 0 Å². The molecule has 7 nitrogen and oxygen atoms in total. The van der Waals surface area contributed by atoms with Gasteiger partial charge in [0.25, 0.3) is 11.8 Å². The van der Waals surface area contributed by atoms with Crippen LogP contribution in [0.3, 0.4) is 0 Å². The number of fused-ring (bicyclic) bond motifs is 1. The quantitative estimate of drug-likeness (QED) is 0.619. The summed E-state index contributed by atoms with van der Waals surface area (Å²) in [6.45, 7) is 1.28. The highest BCUT2D eigenvalue weighted by molar-refractivity contribution is 6.23. The Hall–Kier alpha value is -2.70. The van der Waals surface area contributed by atoms with Crippen LogP contribution in [-0.2, 0) is 9.53 Å². The molecule has 1 aliphatic heterocycles. The number of aliphatic carboxylic acids is 1. The van der Waals surface area contributed by atoms with Crippen molar-refractivity contribution in [3.05, 3.63) is 34.9 Å². The van der Waals surface area contributed by atoms with E-state index in [0.717, 1.165) is 24.2 Å². The van der Waals surface area contributed by atoms with Crippen molar-refractivity contribution in [2.24, 2.45) is 17.8 Å². The zero-order valence-electron chi connectivity index (χ0n) is 16.2. The molecule has 2 amide bonds. The number of carbonyl (C=O) groups excluding carboxylic acids is 3. The molecule has 4 saturated carbocycles. The topological polar surface area (TPSA) is 101 Å². The summed E-state index contributed by atoms with van der Waals surface area (Å²) in [6, 6.07) is 3.00. The maximum Gasteiger partial charge on any atom is 0.338 e. The first-order valence-electron chi connectivity index (χ1n) is 10.2. The molecule has 4 bridgehead atoms. The molecule has 29 heavy (non-hydrogen) atoms. The van der Waals surface area contributed by atoms with E-state index in [4.69, 9.17) is 9.84 Å². The average Bonchev–Trinajstić information content (AvgIpc) is 2.89. The van der Waals surface area contributed by atoms with Crippen LogP contribution in [0.1, 0.15) is 76.5 Å². The molecule has 1 atom stereocenters. The molecule has 4 aliphatic carbocycles. The average molecular weight is 397 g/mol. The molecule has 0 spiro atoms. The molecule has 1 N–H and O–H groups in total. The molecule has 5 aliphatic rings. The van der Waals surface area contributed by atoms with Gasteiger partial charge in [0.1, 0.15) is 11.6 Å². The molecule has 6 rings (SSSR count).